The minimum Gasteiger partial charge on any atom is -0.442 e. The van der Waals surface area contributed by atoms with Crippen molar-refractivity contribution in [3.05, 3.63) is 48.8 Å². The molecule has 1 N–H and O–H groups in total. The maximum Gasteiger partial charge on any atom is 0.414 e. The van der Waals surface area contributed by atoms with Gasteiger partial charge in [-0.2, -0.15) is 0 Å². The third kappa shape index (κ3) is 3.48. The molecular weight excluding hydrogens is 294 g/mol. The van der Waals surface area contributed by atoms with Gasteiger partial charge in [0.15, 0.2) is 0 Å². The molecule has 0 spiro atoms. The van der Waals surface area contributed by atoms with Crippen molar-refractivity contribution in [2.75, 3.05) is 18.0 Å². The highest BCUT2D eigenvalue weighted by Gasteiger charge is 2.32. The number of pyridine rings is 1. The van der Waals surface area contributed by atoms with Gasteiger partial charge < -0.3 is 10.1 Å². The number of aromatic nitrogens is 1. The van der Waals surface area contributed by atoms with Crippen molar-refractivity contribution in [2.45, 2.75) is 13.0 Å². The molecule has 1 saturated heterocycles. The summed E-state index contributed by atoms with van der Waals surface area (Å²) in [6, 6.07) is 11.5. The summed E-state index contributed by atoms with van der Waals surface area (Å²) in [5.74, 6) is -0.139. The molecule has 2 heterocycles. The van der Waals surface area contributed by atoms with Gasteiger partial charge in [-0.3, -0.25) is 14.7 Å². The van der Waals surface area contributed by atoms with Crippen molar-refractivity contribution in [3.63, 3.8) is 0 Å². The normalized spacial score (nSPS) is 17.0. The molecule has 0 saturated carbocycles. The van der Waals surface area contributed by atoms with Gasteiger partial charge in [0.05, 0.1) is 13.1 Å². The van der Waals surface area contributed by atoms with E-state index in [1.165, 1.54) is 6.92 Å². The lowest BCUT2D eigenvalue weighted by Crippen LogP contribution is -2.33. The van der Waals surface area contributed by atoms with Crippen molar-refractivity contribution < 1.29 is 14.3 Å². The summed E-state index contributed by atoms with van der Waals surface area (Å²) in [7, 11) is 0. The minimum atomic E-state index is -0.394. The van der Waals surface area contributed by atoms with Gasteiger partial charge in [-0.05, 0) is 29.3 Å². The zero-order valence-electron chi connectivity index (χ0n) is 12.7. The van der Waals surface area contributed by atoms with Crippen molar-refractivity contribution >= 4 is 17.7 Å². The summed E-state index contributed by atoms with van der Waals surface area (Å²) in [5, 5.41) is 2.66. The smallest absolute Gasteiger partial charge is 0.414 e. The van der Waals surface area contributed by atoms with E-state index in [2.05, 4.69) is 10.3 Å². The topological polar surface area (TPSA) is 71.5 Å². The van der Waals surface area contributed by atoms with Crippen LogP contribution in [0.5, 0.6) is 0 Å². The SMILES string of the molecule is CC(=O)NCC1CN(c2ccc(-c3cccnc3)cc2)C(=O)O1. The van der Waals surface area contributed by atoms with Gasteiger partial charge in [0.2, 0.25) is 5.91 Å². The summed E-state index contributed by atoms with van der Waals surface area (Å²) >= 11 is 0. The van der Waals surface area contributed by atoms with Crippen LogP contribution in [0.2, 0.25) is 0 Å². The molecule has 6 heteroatoms. The average molecular weight is 311 g/mol. The monoisotopic (exact) mass is 311 g/mol. The fourth-order valence-corrected chi connectivity index (χ4v) is 2.46. The predicted molar refractivity (Wildman–Crippen MR) is 86.0 cm³/mol. The summed E-state index contributed by atoms with van der Waals surface area (Å²) < 4.78 is 5.26. The van der Waals surface area contributed by atoms with E-state index in [0.29, 0.717) is 13.1 Å². The predicted octanol–water partition coefficient (Wildman–Crippen LogP) is 2.21. The number of ether oxygens (including phenoxy) is 1. The fourth-order valence-electron chi connectivity index (χ4n) is 2.46. The number of benzene rings is 1. The highest BCUT2D eigenvalue weighted by atomic mass is 16.6. The molecule has 23 heavy (non-hydrogen) atoms. The standard InChI is InChI=1S/C17H17N3O3/c1-12(21)19-10-16-11-20(17(22)23-16)15-6-4-13(5-7-15)14-3-2-8-18-9-14/h2-9,16H,10-11H2,1H3,(H,19,21). The molecule has 1 aromatic heterocycles. The Morgan fingerprint density at radius 2 is 2.09 bits per heavy atom. The minimum absolute atomic E-state index is 0.139. The Morgan fingerprint density at radius 3 is 2.74 bits per heavy atom. The molecule has 118 valence electrons. The van der Waals surface area contributed by atoms with Gasteiger partial charge in [-0.15, -0.1) is 0 Å². The second-order valence-corrected chi connectivity index (χ2v) is 5.34. The van der Waals surface area contributed by atoms with Crippen molar-refractivity contribution in [2.24, 2.45) is 0 Å². The van der Waals surface area contributed by atoms with Crippen LogP contribution in [-0.2, 0) is 9.53 Å². The Balaban J connectivity index is 1.70. The Morgan fingerprint density at radius 1 is 1.30 bits per heavy atom. The molecule has 0 aliphatic carbocycles. The molecule has 1 aliphatic heterocycles. The lowest BCUT2D eigenvalue weighted by Gasteiger charge is -2.13. The number of nitrogens with zero attached hydrogens (tertiary/aromatic N) is 2. The molecule has 1 unspecified atom stereocenters. The molecule has 0 radical (unpaired) electrons. The van der Waals surface area contributed by atoms with Gasteiger partial charge in [-0.25, -0.2) is 4.79 Å². The molecule has 6 nitrogen and oxygen atoms in total. The summed E-state index contributed by atoms with van der Waals surface area (Å²) in [4.78, 5) is 28.6. The van der Waals surface area contributed by atoms with Crippen molar-refractivity contribution in [3.8, 4) is 11.1 Å². The van der Waals surface area contributed by atoms with E-state index in [1.807, 2.05) is 36.4 Å². The lowest BCUT2D eigenvalue weighted by molar-refractivity contribution is -0.119. The van der Waals surface area contributed by atoms with Crippen LogP contribution in [0, 0.1) is 0 Å². The van der Waals surface area contributed by atoms with E-state index in [0.717, 1.165) is 16.8 Å². The number of amides is 2. The number of carbonyl (C=O) groups is 2. The molecule has 1 aliphatic rings. The number of cyclic esters (lactones) is 1. The number of hydrogen-bond acceptors (Lipinski definition) is 4. The van der Waals surface area contributed by atoms with E-state index >= 15 is 0 Å². The number of nitrogens with one attached hydrogen (secondary N) is 1. The Kier molecular flexibility index (Phi) is 4.23. The molecular formula is C17H17N3O3. The van der Waals surface area contributed by atoms with E-state index < -0.39 is 6.09 Å². The molecule has 0 bridgehead atoms. The Labute approximate surface area is 134 Å². The van der Waals surface area contributed by atoms with Gasteiger partial charge >= 0.3 is 6.09 Å². The molecule has 1 atom stereocenters. The first kappa shape index (κ1) is 15.0. The third-order valence-corrected chi connectivity index (χ3v) is 3.63. The third-order valence-electron chi connectivity index (χ3n) is 3.63. The van der Waals surface area contributed by atoms with E-state index in [9.17, 15) is 9.59 Å². The van der Waals surface area contributed by atoms with E-state index in [4.69, 9.17) is 4.74 Å². The van der Waals surface area contributed by atoms with Crippen LogP contribution in [0.3, 0.4) is 0 Å². The summed E-state index contributed by atoms with van der Waals surface area (Å²) in [5.41, 5.74) is 2.82. The maximum atomic E-state index is 12.0. The highest BCUT2D eigenvalue weighted by Crippen LogP contribution is 2.25. The number of carbonyl (C=O) groups excluding carboxylic acids is 2. The van der Waals surface area contributed by atoms with Crippen LogP contribution >= 0.6 is 0 Å². The van der Waals surface area contributed by atoms with Gasteiger partial charge in [0.1, 0.15) is 6.10 Å². The largest absolute Gasteiger partial charge is 0.442 e. The lowest BCUT2D eigenvalue weighted by atomic mass is 10.1. The number of rotatable bonds is 4. The molecule has 1 aromatic carbocycles. The second-order valence-electron chi connectivity index (χ2n) is 5.34. The van der Waals surface area contributed by atoms with Crippen molar-refractivity contribution in [1.29, 1.82) is 0 Å². The summed E-state index contributed by atoms with van der Waals surface area (Å²) in [6.45, 7) is 2.18. The van der Waals surface area contributed by atoms with E-state index in [-0.39, 0.29) is 12.0 Å². The molecule has 1 fully saturated rings. The molecule has 2 amide bonds. The van der Waals surface area contributed by atoms with Crippen LogP contribution in [0.25, 0.3) is 11.1 Å². The van der Waals surface area contributed by atoms with Gasteiger partial charge in [0, 0.05) is 25.0 Å². The van der Waals surface area contributed by atoms with Crippen LogP contribution in [-0.4, -0.2) is 36.2 Å². The quantitative estimate of drug-likeness (QED) is 0.939. The van der Waals surface area contributed by atoms with Crippen LogP contribution in [0.15, 0.2) is 48.8 Å². The number of hydrogen-bond donors (Lipinski definition) is 1. The first-order chi connectivity index (χ1) is 11.1. The fraction of sp³-hybridized carbons (Fsp3) is 0.235. The van der Waals surface area contributed by atoms with Crippen LogP contribution in [0.4, 0.5) is 10.5 Å². The zero-order valence-corrected chi connectivity index (χ0v) is 12.7. The molecule has 3 rings (SSSR count). The van der Waals surface area contributed by atoms with Crippen molar-refractivity contribution in [1.82, 2.24) is 10.3 Å². The second kappa shape index (κ2) is 6.48. The Bertz CT molecular complexity index is 701. The first-order valence-corrected chi connectivity index (χ1v) is 7.36. The maximum absolute atomic E-state index is 12.0. The zero-order chi connectivity index (χ0) is 16.2. The van der Waals surface area contributed by atoms with E-state index in [1.54, 1.807) is 17.3 Å². The van der Waals surface area contributed by atoms with Gasteiger partial charge in [-0.1, -0.05) is 18.2 Å². The number of anilines is 1. The summed E-state index contributed by atoms with van der Waals surface area (Å²) in [6.07, 6.45) is 2.80. The van der Waals surface area contributed by atoms with Crippen LogP contribution in [0.1, 0.15) is 6.92 Å². The van der Waals surface area contributed by atoms with Crippen LogP contribution < -0.4 is 10.2 Å². The Hall–Kier alpha value is -2.89. The first-order valence-electron chi connectivity index (χ1n) is 7.36. The highest BCUT2D eigenvalue weighted by molar-refractivity contribution is 5.90. The van der Waals surface area contributed by atoms with Gasteiger partial charge in [0.25, 0.3) is 0 Å². The average Bonchev–Trinajstić information content (AvgIpc) is 2.95. The molecule has 2 aromatic rings.